The lowest BCUT2D eigenvalue weighted by atomic mass is 9.89. The predicted octanol–water partition coefficient (Wildman–Crippen LogP) is 1.63. The predicted molar refractivity (Wildman–Crippen MR) is 92.7 cm³/mol. The van der Waals surface area contributed by atoms with Crippen molar-refractivity contribution in [1.82, 2.24) is 9.88 Å². The number of amides is 1. The maximum Gasteiger partial charge on any atom is 0.339 e. The highest BCUT2D eigenvalue weighted by atomic mass is 16.5. The molecule has 0 spiro atoms. The van der Waals surface area contributed by atoms with Crippen LogP contribution in [0.4, 0.5) is 5.82 Å². The Balaban J connectivity index is 1.58. The van der Waals surface area contributed by atoms with Gasteiger partial charge < -0.3 is 19.6 Å². The maximum absolute atomic E-state index is 12.0. The summed E-state index contributed by atoms with van der Waals surface area (Å²) in [6, 6.07) is 3.24. The molecule has 2 saturated heterocycles. The molecule has 0 aromatic carbocycles. The number of carbonyl (C=O) groups excluding carboxylic acids is 1. The zero-order valence-corrected chi connectivity index (χ0v) is 14.7. The number of aromatic carboxylic acids is 1. The van der Waals surface area contributed by atoms with Crippen molar-refractivity contribution in [3.8, 4) is 0 Å². The van der Waals surface area contributed by atoms with Gasteiger partial charge in [-0.1, -0.05) is 0 Å². The summed E-state index contributed by atoms with van der Waals surface area (Å²) < 4.78 is 6.01. The van der Waals surface area contributed by atoms with Gasteiger partial charge in [-0.25, -0.2) is 9.78 Å². The fourth-order valence-electron chi connectivity index (χ4n) is 3.78. The van der Waals surface area contributed by atoms with Crippen LogP contribution in [0.25, 0.3) is 0 Å². The van der Waals surface area contributed by atoms with Gasteiger partial charge >= 0.3 is 5.97 Å². The number of carbonyl (C=O) groups is 2. The van der Waals surface area contributed by atoms with E-state index in [0.717, 1.165) is 38.8 Å². The molecule has 3 heterocycles. The first-order valence-corrected chi connectivity index (χ1v) is 8.77. The summed E-state index contributed by atoms with van der Waals surface area (Å²) in [5, 5.41) is 9.32. The highest BCUT2D eigenvalue weighted by Gasteiger charge is 2.37. The van der Waals surface area contributed by atoms with Gasteiger partial charge in [0.05, 0.1) is 6.10 Å². The third-order valence-corrected chi connectivity index (χ3v) is 5.15. The van der Waals surface area contributed by atoms with Gasteiger partial charge in [0, 0.05) is 33.4 Å². The van der Waals surface area contributed by atoms with E-state index in [1.54, 1.807) is 37.3 Å². The number of nitrogens with zero attached hydrogens (tertiary/aromatic N) is 3. The van der Waals surface area contributed by atoms with E-state index in [1.165, 1.54) is 0 Å². The molecule has 3 rings (SSSR count). The first-order chi connectivity index (χ1) is 12.0. The van der Waals surface area contributed by atoms with Crippen molar-refractivity contribution in [3.63, 3.8) is 0 Å². The molecular weight excluding hydrogens is 322 g/mol. The van der Waals surface area contributed by atoms with Crippen molar-refractivity contribution in [1.29, 1.82) is 0 Å². The molecule has 7 nitrogen and oxygen atoms in total. The summed E-state index contributed by atoms with van der Waals surface area (Å²) >= 11 is 0. The lowest BCUT2D eigenvalue weighted by molar-refractivity contribution is -0.141. The molecule has 25 heavy (non-hydrogen) atoms. The topological polar surface area (TPSA) is 83.0 Å². The summed E-state index contributed by atoms with van der Waals surface area (Å²) in [7, 11) is 3.51. The van der Waals surface area contributed by atoms with Gasteiger partial charge in [0.15, 0.2) is 0 Å². The molecule has 1 N–H and O–H groups in total. The minimum Gasteiger partial charge on any atom is -0.478 e. The molecule has 1 aromatic heterocycles. The fraction of sp³-hybridized carbons (Fsp3) is 0.611. The summed E-state index contributed by atoms with van der Waals surface area (Å²) in [5.41, 5.74) is 0.245. The van der Waals surface area contributed by atoms with Crippen LogP contribution in [0.5, 0.6) is 0 Å². The number of hydrogen-bond donors (Lipinski definition) is 1. The minimum absolute atomic E-state index is 0.0412. The van der Waals surface area contributed by atoms with Crippen LogP contribution in [0.2, 0.25) is 0 Å². The molecule has 0 saturated carbocycles. The first-order valence-electron chi connectivity index (χ1n) is 8.77. The van der Waals surface area contributed by atoms with Gasteiger partial charge in [0.2, 0.25) is 0 Å². The number of carboxylic acid groups (broad SMARTS) is 1. The standard InChI is InChI=1S/C18H25N3O4/c1-20(2)17(22)15-6-5-14(25-15)12-7-10-21(11-8-12)16-13(18(23)24)4-3-9-19-16/h3-4,9,12,14-15H,5-8,10-11H2,1-2H3,(H,23,24)/t14-,15+/m0/s1. The van der Waals surface area contributed by atoms with E-state index in [2.05, 4.69) is 4.98 Å². The molecule has 136 valence electrons. The second-order valence-electron chi connectivity index (χ2n) is 6.98. The number of pyridine rings is 1. The monoisotopic (exact) mass is 347 g/mol. The van der Waals surface area contributed by atoms with Crippen LogP contribution in [-0.2, 0) is 9.53 Å². The molecule has 2 atom stereocenters. The number of aromatic nitrogens is 1. The maximum atomic E-state index is 12.0. The Morgan fingerprint density at radius 2 is 1.96 bits per heavy atom. The Labute approximate surface area is 147 Å². The zero-order valence-electron chi connectivity index (χ0n) is 14.7. The van der Waals surface area contributed by atoms with Crippen LogP contribution in [0.3, 0.4) is 0 Å². The van der Waals surface area contributed by atoms with E-state index < -0.39 is 5.97 Å². The second kappa shape index (κ2) is 7.39. The molecule has 2 aliphatic rings. The van der Waals surface area contributed by atoms with Gasteiger partial charge in [0.25, 0.3) is 5.91 Å². The highest BCUT2D eigenvalue weighted by molar-refractivity contribution is 5.93. The number of rotatable bonds is 4. The number of ether oxygens (including phenoxy) is 1. The van der Waals surface area contributed by atoms with Crippen molar-refractivity contribution in [2.24, 2.45) is 5.92 Å². The van der Waals surface area contributed by atoms with Crippen LogP contribution in [-0.4, -0.2) is 66.3 Å². The Morgan fingerprint density at radius 3 is 2.60 bits per heavy atom. The van der Waals surface area contributed by atoms with E-state index in [1.807, 2.05) is 4.90 Å². The molecule has 1 amide bonds. The van der Waals surface area contributed by atoms with Gasteiger partial charge in [-0.3, -0.25) is 4.79 Å². The van der Waals surface area contributed by atoms with Gasteiger partial charge in [0.1, 0.15) is 17.5 Å². The lowest BCUT2D eigenvalue weighted by Gasteiger charge is -2.35. The second-order valence-corrected chi connectivity index (χ2v) is 6.98. The first kappa shape index (κ1) is 17.7. The molecule has 0 aliphatic carbocycles. The molecule has 0 unspecified atom stereocenters. The largest absolute Gasteiger partial charge is 0.478 e. The van der Waals surface area contributed by atoms with Crippen LogP contribution < -0.4 is 4.90 Å². The Bertz CT molecular complexity index is 641. The van der Waals surface area contributed by atoms with Crippen molar-refractivity contribution in [2.75, 3.05) is 32.1 Å². The summed E-state index contributed by atoms with van der Waals surface area (Å²) in [5.74, 6) is 0.0450. The Morgan fingerprint density at radius 1 is 1.24 bits per heavy atom. The molecule has 0 radical (unpaired) electrons. The van der Waals surface area contributed by atoms with E-state index >= 15 is 0 Å². The van der Waals surface area contributed by atoms with Crippen LogP contribution in [0.15, 0.2) is 18.3 Å². The molecule has 0 bridgehead atoms. The average Bonchev–Trinajstić information content (AvgIpc) is 3.11. The molecule has 7 heteroatoms. The number of anilines is 1. The van der Waals surface area contributed by atoms with E-state index in [4.69, 9.17) is 4.74 Å². The molecule has 2 fully saturated rings. The quantitative estimate of drug-likeness (QED) is 0.891. The molecule has 2 aliphatic heterocycles. The normalized spacial score (nSPS) is 24.3. The zero-order chi connectivity index (χ0) is 18.0. The average molecular weight is 347 g/mol. The Hall–Kier alpha value is -2.15. The minimum atomic E-state index is -0.950. The van der Waals surface area contributed by atoms with Gasteiger partial charge in [-0.05, 0) is 43.7 Å². The van der Waals surface area contributed by atoms with Crippen molar-refractivity contribution >= 4 is 17.7 Å². The molecule has 1 aromatic rings. The van der Waals surface area contributed by atoms with Crippen molar-refractivity contribution < 1.29 is 19.4 Å². The van der Waals surface area contributed by atoms with Gasteiger partial charge in [-0.2, -0.15) is 0 Å². The van der Waals surface area contributed by atoms with Crippen LogP contribution in [0.1, 0.15) is 36.0 Å². The van der Waals surface area contributed by atoms with E-state index in [9.17, 15) is 14.7 Å². The number of piperidine rings is 1. The SMILES string of the molecule is CN(C)C(=O)[C@H]1CC[C@@H](C2CCN(c3ncccc3C(=O)O)CC2)O1. The molecular formula is C18H25N3O4. The highest BCUT2D eigenvalue weighted by Crippen LogP contribution is 2.33. The number of carboxylic acids is 1. The van der Waals surface area contributed by atoms with Gasteiger partial charge in [-0.15, -0.1) is 0 Å². The third-order valence-electron chi connectivity index (χ3n) is 5.15. The summed E-state index contributed by atoms with van der Waals surface area (Å²) in [6.45, 7) is 1.52. The van der Waals surface area contributed by atoms with Crippen molar-refractivity contribution in [3.05, 3.63) is 23.9 Å². The van der Waals surface area contributed by atoms with Crippen LogP contribution >= 0.6 is 0 Å². The van der Waals surface area contributed by atoms with Crippen molar-refractivity contribution in [2.45, 2.75) is 37.9 Å². The van der Waals surface area contributed by atoms with Crippen LogP contribution in [0, 0.1) is 5.92 Å². The lowest BCUT2D eigenvalue weighted by Crippen LogP contribution is -2.40. The number of hydrogen-bond acceptors (Lipinski definition) is 5. The summed E-state index contributed by atoms with van der Waals surface area (Å²) in [6.07, 6.45) is 4.98. The number of likely N-dealkylation sites (N-methyl/N-ethyl adjacent to an activating group) is 1. The Kier molecular flexibility index (Phi) is 5.22. The third kappa shape index (κ3) is 3.76. The fourth-order valence-corrected chi connectivity index (χ4v) is 3.78. The van der Waals surface area contributed by atoms with E-state index in [0.29, 0.717) is 11.7 Å². The summed E-state index contributed by atoms with van der Waals surface area (Å²) in [4.78, 5) is 31.3. The van der Waals surface area contributed by atoms with E-state index in [-0.39, 0.29) is 23.7 Å². The smallest absolute Gasteiger partial charge is 0.339 e.